The topological polar surface area (TPSA) is 58.2 Å². The van der Waals surface area contributed by atoms with Gasteiger partial charge in [0.1, 0.15) is 10.7 Å². The minimum atomic E-state index is -3.71. The van der Waals surface area contributed by atoms with Gasteiger partial charge in [-0.05, 0) is 36.7 Å². The van der Waals surface area contributed by atoms with Crippen molar-refractivity contribution in [3.8, 4) is 0 Å². The molecule has 2 N–H and O–H groups in total. The van der Waals surface area contributed by atoms with Gasteiger partial charge in [0.05, 0.1) is 10.7 Å². The highest BCUT2D eigenvalue weighted by molar-refractivity contribution is 7.93. The van der Waals surface area contributed by atoms with Crippen LogP contribution in [0.25, 0.3) is 0 Å². The molecule has 0 aliphatic carbocycles. The van der Waals surface area contributed by atoms with Crippen molar-refractivity contribution in [2.45, 2.75) is 11.4 Å². The van der Waals surface area contributed by atoms with Gasteiger partial charge in [-0.25, -0.2) is 12.8 Å². The normalized spacial score (nSPS) is 11.6. The number of nitrogens with one attached hydrogen (secondary N) is 2. The van der Waals surface area contributed by atoms with Crippen LogP contribution >= 0.6 is 22.9 Å². The Balaban J connectivity index is 2.30. The molecule has 0 spiro atoms. The summed E-state index contributed by atoms with van der Waals surface area (Å²) < 4.78 is 40.0. The number of anilines is 1. The zero-order chi connectivity index (χ0) is 14.8. The van der Waals surface area contributed by atoms with Crippen molar-refractivity contribution < 1.29 is 12.8 Å². The summed E-state index contributed by atoms with van der Waals surface area (Å²) in [6.07, 6.45) is 0. The minimum absolute atomic E-state index is 0.133. The van der Waals surface area contributed by atoms with Crippen LogP contribution in [0, 0.1) is 5.82 Å². The molecule has 0 atom stereocenters. The maximum absolute atomic E-state index is 13.1. The van der Waals surface area contributed by atoms with Crippen molar-refractivity contribution in [3.05, 3.63) is 45.4 Å². The van der Waals surface area contributed by atoms with E-state index in [4.69, 9.17) is 11.6 Å². The van der Waals surface area contributed by atoms with Crippen LogP contribution in [0.3, 0.4) is 0 Å². The molecule has 2 aromatic rings. The highest BCUT2D eigenvalue weighted by Crippen LogP contribution is 2.26. The Labute approximate surface area is 125 Å². The van der Waals surface area contributed by atoms with E-state index >= 15 is 0 Å². The Morgan fingerprint density at radius 3 is 2.75 bits per heavy atom. The van der Waals surface area contributed by atoms with Crippen LogP contribution < -0.4 is 10.0 Å². The predicted molar refractivity (Wildman–Crippen MR) is 79.3 cm³/mol. The molecule has 0 aliphatic rings. The fraction of sp³-hybridized carbons (Fsp3) is 0.167. The lowest BCUT2D eigenvalue weighted by molar-refractivity contribution is 0.600. The Morgan fingerprint density at radius 2 is 2.10 bits per heavy atom. The molecule has 1 heterocycles. The maximum atomic E-state index is 13.1. The molecule has 1 aromatic carbocycles. The lowest BCUT2D eigenvalue weighted by atomic mass is 10.3. The number of sulfonamides is 1. The Morgan fingerprint density at radius 1 is 1.35 bits per heavy atom. The highest BCUT2D eigenvalue weighted by Gasteiger charge is 2.19. The fourth-order valence-electron chi connectivity index (χ4n) is 1.63. The number of hydrogen-bond donors (Lipinski definition) is 2. The molecule has 0 saturated carbocycles. The summed E-state index contributed by atoms with van der Waals surface area (Å²) >= 11 is 6.98. The predicted octanol–water partition coefficient (Wildman–Crippen LogP) is 3.06. The van der Waals surface area contributed by atoms with E-state index in [9.17, 15) is 12.8 Å². The van der Waals surface area contributed by atoms with Crippen LogP contribution in [0.5, 0.6) is 0 Å². The van der Waals surface area contributed by atoms with Gasteiger partial charge in [0.2, 0.25) is 0 Å². The number of hydrogen-bond acceptors (Lipinski definition) is 4. The molecule has 4 nitrogen and oxygen atoms in total. The largest absolute Gasteiger partial charge is 0.315 e. The summed E-state index contributed by atoms with van der Waals surface area (Å²) in [4.78, 5) is 0.908. The Kier molecular flexibility index (Phi) is 4.64. The van der Waals surface area contributed by atoms with E-state index in [-0.39, 0.29) is 15.6 Å². The lowest BCUT2D eigenvalue weighted by Crippen LogP contribution is -2.15. The molecule has 108 valence electrons. The minimum Gasteiger partial charge on any atom is -0.315 e. The first kappa shape index (κ1) is 15.2. The van der Waals surface area contributed by atoms with Gasteiger partial charge in [-0.1, -0.05) is 11.6 Å². The summed E-state index contributed by atoms with van der Waals surface area (Å²) in [7, 11) is -1.97. The van der Waals surface area contributed by atoms with Crippen molar-refractivity contribution in [3.63, 3.8) is 0 Å². The average molecular weight is 335 g/mol. The SMILES string of the molecule is CNCc1sccc1S(=O)(=O)Nc1ccc(F)c(Cl)c1. The molecule has 0 unspecified atom stereocenters. The third-order valence-corrected chi connectivity index (χ3v) is 5.31. The van der Waals surface area contributed by atoms with E-state index in [1.807, 2.05) is 0 Å². The third-order valence-electron chi connectivity index (χ3n) is 2.50. The summed E-state index contributed by atoms with van der Waals surface area (Å²) in [6.45, 7) is 0.456. The molecule has 8 heteroatoms. The van der Waals surface area contributed by atoms with Gasteiger partial charge in [0.15, 0.2) is 0 Å². The standard InChI is InChI=1S/C12H12ClFN2O2S2/c1-15-7-11-12(4-5-19-11)20(17,18)16-8-2-3-10(14)9(13)6-8/h2-6,15-16H,7H2,1H3. The number of thiophene rings is 1. The molecule has 0 bridgehead atoms. The van der Waals surface area contributed by atoms with E-state index in [0.29, 0.717) is 11.4 Å². The van der Waals surface area contributed by atoms with Crippen LogP contribution in [0.2, 0.25) is 5.02 Å². The zero-order valence-electron chi connectivity index (χ0n) is 10.5. The van der Waals surface area contributed by atoms with Crippen LogP contribution in [0.15, 0.2) is 34.5 Å². The molecule has 0 fully saturated rings. The number of benzene rings is 1. The molecule has 20 heavy (non-hydrogen) atoms. The van der Waals surface area contributed by atoms with E-state index in [1.54, 1.807) is 12.4 Å². The fourth-order valence-corrected chi connectivity index (χ4v) is 4.31. The van der Waals surface area contributed by atoms with Crippen LogP contribution in [-0.4, -0.2) is 15.5 Å². The molecular weight excluding hydrogens is 323 g/mol. The first-order valence-electron chi connectivity index (χ1n) is 5.63. The van der Waals surface area contributed by atoms with Crippen LogP contribution in [-0.2, 0) is 16.6 Å². The molecule has 0 amide bonds. The summed E-state index contributed by atoms with van der Waals surface area (Å²) in [5.74, 6) is -0.596. The third kappa shape index (κ3) is 3.29. The number of rotatable bonds is 5. The molecule has 2 rings (SSSR count). The van der Waals surface area contributed by atoms with E-state index in [1.165, 1.54) is 29.5 Å². The first-order chi connectivity index (χ1) is 9.44. The zero-order valence-corrected chi connectivity index (χ0v) is 12.9. The molecular formula is C12H12ClFN2O2S2. The smallest absolute Gasteiger partial charge is 0.263 e. The van der Waals surface area contributed by atoms with Gasteiger partial charge < -0.3 is 5.32 Å². The Bertz CT molecular complexity index is 716. The second-order valence-corrected chi connectivity index (χ2v) is 7.03. The van der Waals surface area contributed by atoms with E-state index < -0.39 is 15.8 Å². The quantitative estimate of drug-likeness (QED) is 0.883. The van der Waals surface area contributed by atoms with Crippen molar-refractivity contribution in [1.82, 2.24) is 5.32 Å². The monoisotopic (exact) mass is 334 g/mol. The van der Waals surface area contributed by atoms with Gasteiger partial charge in [0, 0.05) is 11.4 Å². The van der Waals surface area contributed by atoms with E-state index in [2.05, 4.69) is 10.0 Å². The van der Waals surface area contributed by atoms with E-state index in [0.717, 1.165) is 6.07 Å². The van der Waals surface area contributed by atoms with Crippen molar-refractivity contribution >= 4 is 38.6 Å². The van der Waals surface area contributed by atoms with Gasteiger partial charge in [0.25, 0.3) is 10.0 Å². The van der Waals surface area contributed by atoms with Crippen molar-refractivity contribution in [2.24, 2.45) is 0 Å². The van der Waals surface area contributed by atoms with Gasteiger partial charge in [-0.3, -0.25) is 4.72 Å². The van der Waals surface area contributed by atoms with Crippen LogP contribution in [0.1, 0.15) is 4.88 Å². The Hall–Kier alpha value is -1.15. The van der Waals surface area contributed by atoms with Gasteiger partial charge >= 0.3 is 0 Å². The van der Waals surface area contributed by atoms with Crippen LogP contribution in [0.4, 0.5) is 10.1 Å². The molecule has 0 radical (unpaired) electrons. The second kappa shape index (κ2) is 6.09. The second-order valence-electron chi connectivity index (χ2n) is 3.97. The average Bonchev–Trinajstić information content (AvgIpc) is 2.83. The number of halogens is 2. The summed E-state index contributed by atoms with van der Waals surface area (Å²) in [5.41, 5.74) is 0.220. The molecule has 1 aromatic heterocycles. The van der Waals surface area contributed by atoms with Gasteiger partial charge in [-0.2, -0.15) is 0 Å². The summed E-state index contributed by atoms with van der Waals surface area (Å²) in [6, 6.07) is 5.20. The summed E-state index contributed by atoms with van der Waals surface area (Å²) in [5, 5.41) is 4.48. The van der Waals surface area contributed by atoms with Crippen molar-refractivity contribution in [2.75, 3.05) is 11.8 Å². The lowest BCUT2D eigenvalue weighted by Gasteiger charge is -2.09. The van der Waals surface area contributed by atoms with Gasteiger partial charge in [-0.15, -0.1) is 11.3 Å². The first-order valence-corrected chi connectivity index (χ1v) is 8.37. The molecule has 0 aliphatic heterocycles. The van der Waals surface area contributed by atoms with Crippen molar-refractivity contribution in [1.29, 1.82) is 0 Å². The molecule has 0 saturated heterocycles. The highest BCUT2D eigenvalue weighted by atomic mass is 35.5. The maximum Gasteiger partial charge on any atom is 0.263 e.